The first-order chi connectivity index (χ1) is 12.8. The van der Waals surface area contributed by atoms with Crippen LogP contribution in [0.2, 0.25) is 0 Å². The van der Waals surface area contributed by atoms with Crippen LogP contribution in [-0.4, -0.2) is 20.3 Å². The van der Waals surface area contributed by atoms with Crippen molar-refractivity contribution >= 4 is 22.8 Å². The van der Waals surface area contributed by atoms with E-state index in [1.165, 1.54) is 0 Å². The molecule has 0 saturated carbocycles. The Balaban J connectivity index is 1.68. The van der Waals surface area contributed by atoms with Crippen molar-refractivity contribution in [1.82, 2.24) is 19.7 Å². The minimum Gasteiger partial charge on any atom is -0.348 e. The number of aryl methyl sites for hydroxylation is 1. The standard InChI is InChI=1S/C20H18N4OS/c1-2-19-23-16(13-26-19)18-11-15(17-5-3-4-10-24(17)18)20(25)22-12-14-6-8-21-9-7-14/h3-11,13H,2,12H2,1H3,(H,22,25). The molecule has 0 aliphatic rings. The molecule has 1 N–H and O–H groups in total. The average molecular weight is 362 g/mol. The Labute approximate surface area is 155 Å². The molecule has 4 aromatic heterocycles. The van der Waals surface area contributed by atoms with E-state index >= 15 is 0 Å². The second-order valence-electron chi connectivity index (χ2n) is 5.92. The third kappa shape index (κ3) is 3.11. The SMILES string of the molecule is CCc1nc(-c2cc(C(=O)NCc3ccncc3)c3ccccn23)cs1. The molecule has 0 aliphatic heterocycles. The lowest BCUT2D eigenvalue weighted by molar-refractivity contribution is 0.0952. The van der Waals surface area contributed by atoms with E-state index in [1.54, 1.807) is 23.7 Å². The summed E-state index contributed by atoms with van der Waals surface area (Å²) in [5.41, 5.74) is 4.39. The van der Waals surface area contributed by atoms with Crippen LogP contribution in [0.4, 0.5) is 0 Å². The fourth-order valence-electron chi connectivity index (χ4n) is 2.90. The van der Waals surface area contributed by atoms with Gasteiger partial charge in [-0.1, -0.05) is 13.0 Å². The Morgan fingerprint density at radius 3 is 2.85 bits per heavy atom. The lowest BCUT2D eigenvalue weighted by atomic mass is 10.2. The van der Waals surface area contributed by atoms with E-state index in [9.17, 15) is 4.79 Å². The summed E-state index contributed by atoms with van der Waals surface area (Å²) in [7, 11) is 0. The van der Waals surface area contributed by atoms with Crippen molar-refractivity contribution in [1.29, 1.82) is 0 Å². The zero-order valence-corrected chi connectivity index (χ0v) is 15.2. The summed E-state index contributed by atoms with van der Waals surface area (Å²) < 4.78 is 2.02. The molecule has 5 nitrogen and oxygen atoms in total. The minimum absolute atomic E-state index is 0.0947. The van der Waals surface area contributed by atoms with Gasteiger partial charge in [0, 0.05) is 30.5 Å². The molecule has 6 heteroatoms. The number of hydrogen-bond acceptors (Lipinski definition) is 4. The van der Waals surface area contributed by atoms with Crippen LogP contribution in [0.3, 0.4) is 0 Å². The average Bonchev–Trinajstić information content (AvgIpc) is 3.31. The number of nitrogens with one attached hydrogen (secondary N) is 1. The zero-order valence-electron chi connectivity index (χ0n) is 14.3. The van der Waals surface area contributed by atoms with Crippen molar-refractivity contribution in [3.63, 3.8) is 0 Å². The van der Waals surface area contributed by atoms with Gasteiger partial charge in [-0.25, -0.2) is 4.98 Å². The first kappa shape index (κ1) is 16.5. The maximum Gasteiger partial charge on any atom is 0.253 e. The number of rotatable bonds is 5. The van der Waals surface area contributed by atoms with Crippen LogP contribution in [0, 0.1) is 0 Å². The molecule has 0 atom stereocenters. The van der Waals surface area contributed by atoms with Crippen LogP contribution in [0.5, 0.6) is 0 Å². The molecule has 130 valence electrons. The molecule has 0 unspecified atom stereocenters. The Kier molecular flexibility index (Phi) is 4.50. The molecule has 0 fully saturated rings. The monoisotopic (exact) mass is 362 g/mol. The highest BCUT2D eigenvalue weighted by atomic mass is 32.1. The fraction of sp³-hybridized carbons (Fsp3) is 0.150. The number of carbonyl (C=O) groups is 1. The molecule has 4 aromatic rings. The van der Waals surface area contributed by atoms with Gasteiger partial charge in [0.25, 0.3) is 5.91 Å². The van der Waals surface area contributed by atoms with Gasteiger partial charge in [0.15, 0.2) is 0 Å². The summed E-state index contributed by atoms with van der Waals surface area (Å²) in [5.74, 6) is -0.0947. The number of carbonyl (C=O) groups excluding carboxylic acids is 1. The van der Waals surface area contributed by atoms with Crippen LogP contribution in [0.1, 0.15) is 27.9 Å². The van der Waals surface area contributed by atoms with E-state index in [4.69, 9.17) is 0 Å². The van der Waals surface area contributed by atoms with Crippen LogP contribution < -0.4 is 5.32 Å². The van der Waals surface area contributed by atoms with E-state index < -0.39 is 0 Å². The van der Waals surface area contributed by atoms with Crippen LogP contribution in [0.15, 0.2) is 60.4 Å². The van der Waals surface area contributed by atoms with E-state index in [0.717, 1.165) is 33.9 Å². The lowest BCUT2D eigenvalue weighted by Crippen LogP contribution is -2.22. The van der Waals surface area contributed by atoms with Crippen LogP contribution >= 0.6 is 11.3 Å². The summed E-state index contributed by atoms with van der Waals surface area (Å²) in [6.07, 6.45) is 6.32. The molecule has 0 spiro atoms. The Bertz CT molecular complexity index is 1050. The normalized spacial score (nSPS) is 11.0. The molecular weight excluding hydrogens is 344 g/mol. The highest BCUT2D eigenvalue weighted by molar-refractivity contribution is 7.09. The van der Waals surface area contributed by atoms with E-state index in [0.29, 0.717) is 12.1 Å². The predicted octanol–water partition coefficient (Wildman–Crippen LogP) is 3.95. The summed E-state index contributed by atoms with van der Waals surface area (Å²) >= 11 is 1.65. The maximum atomic E-state index is 12.8. The van der Waals surface area contributed by atoms with Gasteiger partial charge in [0.1, 0.15) is 0 Å². The van der Waals surface area contributed by atoms with Crippen molar-refractivity contribution in [2.45, 2.75) is 19.9 Å². The number of hydrogen-bond donors (Lipinski definition) is 1. The smallest absolute Gasteiger partial charge is 0.253 e. The number of nitrogens with zero attached hydrogens (tertiary/aromatic N) is 3. The quantitative estimate of drug-likeness (QED) is 0.585. The summed E-state index contributed by atoms with van der Waals surface area (Å²) in [6.45, 7) is 2.56. The molecule has 0 radical (unpaired) electrons. The molecule has 0 saturated heterocycles. The van der Waals surface area contributed by atoms with Crippen LogP contribution in [0.25, 0.3) is 16.9 Å². The van der Waals surface area contributed by atoms with Gasteiger partial charge in [0.05, 0.1) is 27.5 Å². The molecule has 1 amide bonds. The van der Waals surface area contributed by atoms with E-state index in [2.05, 4.69) is 22.2 Å². The summed E-state index contributed by atoms with van der Waals surface area (Å²) in [6, 6.07) is 11.6. The highest BCUT2D eigenvalue weighted by Crippen LogP contribution is 2.27. The molecule has 0 aliphatic carbocycles. The van der Waals surface area contributed by atoms with Crippen molar-refractivity contribution < 1.29 is 4.79 Å². The molecule has 0 bridgehead atoms. The number of fused-ring (bicyclic) bond motifs is 1. The Morgan fingerprint density at radius 2 is 2.08 bits per heavy atom. The van der Waals surface area contributed by atoms with Crippen molar-refractivity contribution in [3.8, 4) is 11.4 Å². The van der Waals surface area contributed by atoms with Crippen LogP contribution in [-0.2, 0) is 13.0 Å². The van der Waals surface area contributed by atoms with Gasteiger partial charge in [-0.3, -0.25) is 9.78 Å². The molecular formula is C20H18N4OS. The number of amides is 1. The van der Waals surface area contributed by atoms with Gasteiger partial charge in [0.2, 0.25) is 0 Å². The second kappa shape index (κ2) is 7.09. The second-order valence-corrected chi connectivity index (χ2v) is 6.86. The third-order valence-electron chi connectivity index (χ3n) is 4.24. The fourth-order valence-corrected chi connectivity index (χ4v) is 3.64. The predicted molar refractivity (Wildman–Crippen MR) is 103 cm³/mol. The topological polar surface area (TPSA) is 59.3 Å². The van der Waals surface area contributed by atoms with Crippen molar-refractivity contribution in [2.24, 2.45) is 0 Å². The molecule has 0 aromatic carbocycles. The number of thiazole rings is 1. The zero-order chi connectivity index (χ0) is 17.9. The largest absolute Gasteiger partial charge is 0.348 e. The van der Waals surface area contributed by atoms with Gasteiger partial charge < -0.3 is 9.72 Å². The van der Waals surface area contributed by atoms with E-state index in [-0.39, 0.29) is 5.91 Å². The maximum absolute atomic E-state index is 12.8. The van der Waals surface area contributed by atoms with Crippen molar-refractivity contribution in [3.05, 3.63) is 76.5 Å². The minimum atomic E-state index is -0.0947. The third-order valence-corrected chi connectivity index (χ3v) is 5.23. The summed E-state index contributed by atoms with van der Waals surface area (Å²) in [4.78, 5) is 21.4. The Hall–Kier alpha value is -2.99. The molecule has 26 heavy (non-hydrogen) atoms. The van der Waals surface area contributed by atoms with Crippen molar-refractivity contribution in [2.75, 3.05) is 0 Å². The number of pyridine rings is 2. The number of aromatic nitrogens is 3. The van der Waals surface area contributed by atoms with E-state index in [1.807, 2.05) is 52.4 Å². The molecule has 4 rings (SSSR count). The highest BCUT2D eigenvalue weighted by Gasteiger charge is 2.17. The van der Waals surface area contributed by atoms with Gasteiger partial charge in [-0.15, -0.1) is 11.3 Å². The van der Waals surface area contributed by atoms with Gasteiger partial charge in [-0.05, 0) is 42.3 Å². The first-order valence-corrected chi connectivity index (χ1v) is 9.36. The van der Waals surface area contributed by atoms with Gasteiger partial charge in [-0.2, -0.15) is 0 Å². The van der Waals surface area contributed by atoms with Gasteiger partial charge >= 0.3 is 0 Å². The Morgan fingerprint density at radius 1 is 1.23 bits per heavy atom. The lowest BCUT2D eigenvalue weighted by Gasteiger charge is -2.04. The summed E-state index contributed by atoms with van der Waals surface area (Å²) in [5, 5.41) is 6.13. The first-order valence-electron chi connectivity index (χ1n) is 8.48. The molecule has 4 heterocycles.